The molecule has 0 radical (unpaired) electrons. The topological polar surface area (TPSA) is 75.1 Å². The molecule has 0 spiro atoms. The van der Waals surface area contributed by atoms with Gasteiger partial charge in [0, 0.05) is 28.4 Å². The number of carbonyl (C=O) groups excluding carboxylic acids is 1. The van der Waals surface area contributed by atoms with Crippen LogP contribution in [0.5, 0.6) is 0 Å². The van der Waals surface area contributed by atoms with Crippen LogP contribution in [-0.2, 0) is 6.42 Å². The zero-order chi connectivity index (χ0) is 16.1. The molecule has 22 heavy (non-hydrogen) atoms. The van der Waals surface area contributed by atoms with E-state index in [1.54, 1.807) is 18.2 Å². The average molecular weight is 340 g/mol. The van der Waals surface area contributed by atoms with Crippen molar-refractivity contribution in [2.24, 2.45) is 0 Å². The van der Waals surface area contributed by atoms with Gasteiger partial charge < -0.3 is 10.4 Å². The van der Waals surface area contributed by atoms with Gasteiger partial charge in [0.1, 0.15) is 6.33 Å². The standard InChI is InChI=1S/C15H15Cl2N3O2/c1-2-12-9(6-18-8-20-12)15(22)19-7-13(21)14-10(16)4-3-5-11(14)17/h3-6,8,13,21H,2,7H2,1H3,(H,19,22). The summed E-state index contributed by atoms with van der Waals surface area (Å²) >= 11 is 12.1. The molecule has 1 amide bonds. The quantitative estimate of drug-likeness (QED) is 0.878. The van der Waals surface area contributed by atoms with Gasteiger partial charge in [0.25, 0.3) is 5.91 Å². The van der Waals surface area contributed by atoms with Gasteiger partial charge in [-0.25, -0.2) is 9.97 Å². The lowest BCUT2D eigenvalue weighted by Crippen LogP contribution is -2.29. The fourth-order valence-electron chi connectivity index (χ4n) is 2.04. The second kappa shape index (κ2) is 7.54. The number of amides is 1. The zero-order valence-corrected chi connectivity index (χ0v) is 13.4. The van der Waals surface area contributed by atoms with E-state index in [4.69, 9.17) is 23.2 Å². The van der Waals surface area contributed by atoms with Crippen LogP contribution in [0.3, 0.4) is 0 Å². The molecule has 0 aliphatic rings. The number of halogens is 2. The molecule has 1 unspecified atom stereocenters. The highest BCUT2D eigenvalue weighted by Gasteiger charge is 2.18. The van der Waals surface area contributed by atoms with E-state index in [0.717, 1.165) is 0 Å². The number of hydrogen-bond acceptors (Lipinski definition) is 4. The SMILES string of the molecule is CCc1ncncc1C(=O)NCC(O)c1c(Cl)cccc1Cl. The van der Waals surface area contributed by atoms with Crippen molar-refractivity contribution in [2.45, 2.75) is 19.4 Å². The number of aryl methyl sites for hydroxylation is 1. The van der Waals surface area contributed by atoms with Crippen LogP contribution >= 0.6 is 23.2 Å². The van der Waals surface area contributed by atoms with Gasteiger partial charge in [-0.05, 0) is 18.6 Å². The normalized spacial score (nSPS) is 12.0. The Hall–Kier alpha value is -1.69. The van der Waals surface area contributed by atoms with Crippen molar-refractivity contribution in [1.82, 2.24) is 15.3 Å². The van der Waals surface area contributed by atoms with Gasteiger partial charge in [-0.1, -0.05) is 36.2 Å². The van der Waals surface area contributed by atoms with E-state index in [1.807, 2.05) is 6.92 Å². The summed E-state index contributed by atoms with van der Waals surface area (Å²) < 4.78 is 0. The molecule has 0 fully saturated rings. The molecule has 116 valence electrons. The first-order valence-corrected chi connectivity index (χ1v) is 7.49. The van der Waals surface area contributed by atoms with E-state index in [9.17, 15) is 9.90 Å². The summed E-state index contributed by atoms with van der Waals surface area (Å²) in [6, 6.07) is 4.95. The lowest BCUT2D eigenvalue weighted by molar-refractivity contribution is 0.0914. The van der Waals surface area contributed by atoms with Crippen LogP contribution in [0.2, 0.25) is 10.0 Å². The second-order valence-electron chi connectivity index (χ2n) is 4.60. The number of nitrogens with zero attached hydrogens (tertiary/aromatic N) is 2. The molecule has 1 aromatic heterocycles. The lowest BCUT2D eigenvalue weighted by Gasteiger charge is -2.15. The summed E-state index contributed by atoms with van der Waals surface area (Å²) in [6.07, 6.45) is 2.47. The van der Waals surface area contributed by atoms with Gasteiger partial charge >= 0.3 is 0 Å². The molecule has 1 heterocycles. The molecule has 1 aromatic carbocycles. The molecule has 0 saturated carbocycles. The number of rotatable bonds is 5. The van der Waals surface area contributed by atoms with Gasteiger partial charge in [-0.2, -0.15) is 0 Å². The molecular formula is C15H15Cl2N3O2. The molecule has 2 rings (SSSR count). The first-order chi connectivity index (χ1) is 10.5. The number of aliphatic hydroxyl groups excluding tert-OH is 1. The van der Waals surface area contributed by atoms with Crippen LogP contribution < -0.4 is 5.32 Å². The summed E-state index contributed by atoms with van der Waals surface area (Å²) in [5, 5.41) is 13.5. The van der Waals surface area contributed by atoms with E-state index >= 15 is 0 Å². The van der Waals surface area contributed by atoms with Gasteiger partial charge in [0.2, 0.25) is 0 Å². The highest BCUT2D eigenvalue weighted by molar-refractivity contribution is 6.36. The summed E-state index contributed by atoms with van der Waals surface area (Å²) in [6.45, 7) is 1.89. The smallest absolute Gasteiger partial charge is 0.254 e. The van der Waals surface area contributed by atoms with Crippen molar-refractivity contribution in [3.63, 3.8) is 0 Å². The van der Waals surface area contributed by atoms with E-state index in [0.29, 0.717) is 33.3 Å². The van der Waals surface area contributed by atoms with Crippen LogP contribution in [0.1, 0.15) is 34.6 Å². The molecule has 0 saturated heterocycles. The van der Waals surface area contributed by atoms with Crippen LogP contribution in [-0.4, -0.2) is 27.5 Å². The number of aliphatic hydroxyl groups is 1. The summed E-state index contributed by atoms with van der Waals surface area (Å²) in [5.41, 5.74) is 1.44. The number of nitrogens with one attached hydrogen (secondary N) is 1. The zero-order valence-electron chi connectivity index (χ0n) is 11.9. The van der Waals surface area contributed by atoms with Crippen molar-refractivity contribution >= 4 is 29.1 Å². The van der Waals surface area contributed by atoms with Crippen LogP contribution in [0.15, 0.2) is 30.7 Å². The van der Waals surface area contributed by atoms with Crippen molar-refractivity contribution in [3.8, 4) is 0 Å². The summed E-state index contributed by atoms with van der Waals surface area (Å²) in [4.78, 5) is 20.1. The molecule has 2 N–H and O–H groups in total. The Morgan fingerprint density at radius 1 is 1.36 bits per heavy atom. The van der Waals surface area contributed by atoms with E-state index < -0.39 is 6.10 Å². The van der Waals surface area contributed by atoms with Crippen LogP contribution in [0.4, 0.5) is 0 Å². The monoisotopic (exact) mass is 339 g/mol. The van der Waals surface area contributed by atoms with Crippen molar-refractivity contribution in [1.29, 1.82) is 0 Å². The summed E-state index contributed by atoms with van der Waals surface area (Å²) in [5.74, 6) is -0.348. The minimum absolute atomic E-state index is 0.0136. The molecule has 1 atom stereocenters. The van der Waals surface area contributed by atoms with Crippen molar-refractivity contribution in [2.75, 3.05) is 6.54 Å². The van der Waals surface area contributed by atoms with Crippen LogP contribution in [0.25, 0.3) is 0 Å². The molecule has 0 aliphatic heterocycles. The third-order valence-electron chi connectivity index (χ3n) is 3.16. The van der Waals surface area contributed by atoms with Gasteiger partial charge in [0.05, 0.1) is 17.4 Å². The third kappa shape index (κ3) is 3.74. The maximum absolute atomic E-state index is 12.2. The number of aromatic nitrogens is 2. The number of hydrogen-bond donors (Lipinski definition) is 2. The van der Waals surface area contributed by atoms with Gasteiger partial charge in [-0.15, -0.1) is 0 Å². The molecule has 0 aliphatic carbocycles. The fourth-order valence-corrected chi connectivity index (χ4v) is 2.69. The minimum atomic E-state index is -1.00. The predicted molar refractivity (Wildman–Crippen MR) is 85.2 cm³/mol. The van der Waals surface area contributed by atoms with Crippen LogP contribution in [0, 0.1) is 0 Å². The fraction of sp³-hybridized carbons (Fsp3) is 0.267. The Bertz CT molecular complexity index is 659. The van der Waals surface area contributed by atoms with Gasteiger partial charge in [-0.3, -0.25) is 4.79 Å². The maximum Gasteiger partial charge on any atom is 0.254 e. The Labute approximate surface area is 138 Å². The predicted octanol–water partition coefficient (Wildman–Crippen LogP) is 2.81. The highest BCUT2D eigenvalue weighted by Crippen LogP contribution is 2.29. The summed E-state index contributed by atoms with van der Waals surface area (Å²) in [7, 11) is 0. The van der Waals surface area contributed by atoms with Gasteiger partial charge in [0.15, 0.2) is 0 Å². The Morgan fingerprint density at radius 2 is 2.05 bits per heavy atom. The van der Waals surface area contributed by atoms with E-state index in [-0.39, 0.29) is 12.5 Å². The highest BCUT2D eigenvalue weighted by atomic mass is 35.5. The van der Waals surface area contributed by atoms with Crippen molar-refractivity contribution in [3.05, 3.63) is 57.6 Å². The average Bonchev–Trinajstić information content (AvgIpc) is 2.52. The Kier molecular flexibility index (Phi) is 5.71. The largest absolute Gasteiger partial charge is 0.386 e. The molecule has 5 nitrogen and oxygen atoms in total. The lowest BCUT2D eigenvalue weighted by atomic mass is 10.1. The first-order valence-electron chi connectivity index (χ1n) is 6.73. The van der Waals surface area contributed by atoms with E-state index in [2.05, 4.69) is 15.3 Å². The number of benzene rings is 1. The second-order valence-corrected chi connectivity index (χ2v) is 5.41. The van der Waals surface area contributed by atoms with Crippen molar-refractivity contribution < 1.29 is 9.90 Å². The van der Waals surface area contributed by atoms with E-state index in [1.165, 1.54) is 12.5 Å². The first kappa shape index (κ1) is 16.7. The third-order valence-corrected chi connectivity index (χ3v) is 3.82. The molecular weight excluding hydrogens is 325 g/mol. The Morgan fingerprint density at radius 3 is 2.68 bits per heavy atom. The molecule has 2 aromatic rings. The molecule has 0 bridgehead atoms. The Balaban J connectivity index is 2.08. The maximum atomic E-state index is 12.2. The number of carbonyl (C=O) groups is 1. The molecule has 7 heteroatoms. The minimum Gasteiger partial charge on any atom is -0.386 e.